The Morgan fingerprint density at radius 2 is 2.18 bits per heavy atom. The first kappa shape index (κ1) is 12.2. The number of phenols is 1. The molecule has 0 atom stereocenters. The number of rotatable bonds is 4. The van der Waals surface area contributed by atoms with Crippen molar-refractivity contribution in [2.45, 2.75) is 24.7 Å². The summed E-state index contributed by atoms with van der Waals surface area (Å²) >= 11 is 3.21. The van der Waals surface area contributed by atoms with Crippen LogP contribution in [0.3, 0.4) is 0 Å². The zero-order valence-electron chi connectivity index (χ0n) is 9.36. The van der Waals surface area contributed by atoms with Gasteiger partial charge in [0, 0.05) is 11.0 Å². The van der Waals surface area contributed by atoms with Crippen LogP contribution in [0.1, 0.15) is 24.8 Å². The molecule has 1 aliphatic carbocycles. The highest BCUT2D eigenvalue weighted by Crippen LogP contribution is 2.56. The van der Waals surface area contributed by atoms with Crippen molar-refractivity contribution >= 4 is 21.9 Å². The Kier molecular flexibility index (Phi) is 3.03. The molecule has 92 valence electrons. The molecule has 1 fully saturated rings. The van der Waals surface area contributed by atoms with Crippen molar-refractivity contribution in [1.82, 2.24) is 0 Å². The summed E-state index contributed by atoms with van der Waals surface area (Å²) in [5.74, 6) is -0.424. The van der Waals surface area contributed by atoms with E-state index in [1.807, 2.05) is 6.07 Å². The molecule has 0 unspecified atom stereocenters. The third-order valence-corrected chi connectivity index (χ3v) is 3.84. The molecule has 2 rings (SSSR count). The van der Waals surface area contributed by atoms with Gasteiger partial charge in [-0.3, -0.25) is 4.79 Å². The molecule has 1 saturated carbocycles. The van der Waals surface area contributed by atoms with Crippen LogP contribution in [-0.4, -0.2) is 23.3 Å². The summed E-state index contributed by atoms with van der Waals surface area (Å²) in [6.45, 7) is 0. The molecule has 0 amide bonds. The van der Waals surface area contributed by atoms with Crippen molar-refractivity contribution < 1.29 is 19.7 Å². The lowest BCUT2D eigenvalue weighted by Crippen LogP contribution is -2.14. The fraction of sp³-hybridized carbons (Fsp3) is 0.417. The van der Waals surface area contributed by atoms with Gasteiger partial charge in [-0.1, -0.05) is 6.07 Å². The van der Waals surface area contributed by atoms with Crippen LogP contribution in [0.15, 0.2) is 16.6 Å². The summed E-state index contributed by atoms with van der Waals surface area (Å²) in [4.78, 5) is 10.9. The molecule has 1 aromatic rings. The number of phenolic OH excluding ortho intramolecular Hbond substituents is 1. The summed E-state index contributed by atoms with van der Waals surface area (Å²) < 4.78 is 5.74. The number of benzene rings is 1. The van der Waals surface area contributed by atoms with E-state index in [9.17, 15) is 9.90 Å². The van der Waals surface area contributed by atoms with Crippen molar-refractivity contribution in [1.29, 1.82) is 0 Å². The molecular formula is C12H13BrO4. The van der Waals surface area contributed by atoms with Gasteiger partial charge in [0.15, 0.2) is 11.5 Å². The fourth-order valence-electron chi connectivity index (χ4n) is 2.15. The molecule has 5 heteroatoms. The average molecular weight is 301 g/mol. The molecule has 0 spiro atoms. The first-order valence-electron chi connectivity index (χ1n) is 5.28. The minimum absolute atomic E-state index is 0.0293. The number of ether oxygens (including phenoxy) is 1. The number of aromatic hydroxyl groups is 1. The van der Waals surface area contributed by atoms with Crippen LogP contribution in [0, 0.1) is 0 Å². The Bertz CT molecular complexity index is 466. The van der Waals surface area contributed by atoms with Gasteiger partial charge >= 0.3 is 5.97 Å². The normalized spacial score (nSPS) is 16.6. The zero-order chi connectivity index (χ0) is 12.6. The highest BCUT2D eigenvalue weighted by molar-refractivity contribution is 9.10. The van der Waals surface area contributed by atoms with Gasteiger partial charge in [-0.25, -0.2) is 0 Å². The Morgan fingerprint density at radius 1 is 1.53 bits per heavy atom. The Morgan fingerprint density at radius 3 is 2.65 bits per heavy atom. The van der Waals surface area contributed by atoms with E-state index in [4.69, 9.17) is 9.84 Å². The highest BCUT2D eigenvalue weighted by atomic mass is 79.9. The Hall–Kier alpha value is -1.23. The number of carboxylic acids is 1. The SMILES string of the molecule is COc1c(C2(CC(=O)O)CC2)ccc(Br)c1O. The molecule has 0 aliphatic heterocycles. The van der Waals surface area contributed by atoms with Gasteiger partial charge in [-0.15, -0.1) is 0 Å². The van der Waals surface area contributed by atoms with Crippen LogP contribution >= 0.6 is 15.9 Å². The van der Waals surface area contributed by atoms with Crippen molar-refractivity contribution in [3.8, 4) is 11.5 Å². The third-order valence-electron chi connectivity index (χ3n) is 3.20. The highest BCUT2D eigenvalue weighted by Gasteiger charge is 2.48. The number of aliphatic carboxylic acids is 1. The third kappa shape index (κ3) is 2.11. The van der Waals surface area contributed by atoms with Gasteiger partial charge in [0.05, 0.1) is 18.0 Å². The number of carbonyl (C=O) groups is 1. The number of hydrogen-bond acceptors (Lipinski definition) is 3. The summed E-state index contributed by atoms with van der Waals surface area (Å²) in [5.41, 5.74) is 0.415. The maximum atomic E-state index is 10.9. The van der Waals surface area contributed by atoms with E-state index < -0.39 is 5.97 Å². The second-order valence-corrected chi connectivity index (χ2v) is 5.18. The molecular weight excluding hydrogens is 288 g/mol. The lowest BCUT2D eigenvalue weighted by molar-refractivity contribution is -0.137. The van der Waals surface area contributed by atoms with E-state index in [0.717, 1.165) is 18.4 Å². The second-order valence-electron chi connectivity index (χ2n) is 4.33. The van der Waals surface area contributed by atoms with Crippen molar-refractivity contribution in [2.75, 3.05) is 7.11 Å². The zero-order valence-corrected chi connectivity index (χ0v) is 11.0. The first-order valence-corrected chi connectivity index (χ1v) is 6.07. The van der Waals surface area contributed by atoms with Gasteiger partial charge in [0.25, 0.3) is 0 Å². The molecule has 2 N–H and O–H groups in total. The first-order chi connectivity index (χ1) is 8.00. The quantitative estimate of drug-likeness (QED) is 0.897. The largest absolute Gasteiger partial charge is 0.503 e. The molecule has 4 nitrogen and oxygen atoms in total. The predicted octanol–water partition coefficient (Wildman–Crippen LogP) is 2.67. The lowest BCUT2D eigenvalue weighted by atomic mass is 9.91. The molecule has 0 aromatic heterocycles. The molecule has 17 heavy (non-hydrogen) atoms. The minimum Gasteiger partial charge on any atom is -0.503 e. The molecule has 1 aliphatic rings. The number of halogens is 1. The van der Waals surface area contributed by atoms with Gasteiger partial charge < -0.3 is 14.9 Å². The van der Waals surface area contributed by atoms with Crippen LogP contribution in [0.2, 0.25) is 0 Å². The number of hydrogen-bond donors (Lipinski definition) is 2. The smallest absolute Gasteiger partial charge is 0.304 e. The van der Waals surface area contributed by atoms with Crippen LogP contribution in [0.4, 0.5) is 0 Å². The van der Waals surface area contributed by atoms with Crippen LogP contribution in [-0.2, 0) is 10.2 Å². The van der Waals surface area contributed by atoms with Crippen LogP contribution in [0.5, 0.6) is 11.5 Å². The van der Waals surface area contributed by atoms with Crippen molar-refractivity contribution in [3.63, 3.8) is 0 Å². The van der Waals surface area contributed by atoms with E-state index in [2.05, 4.69) is 15.9 Å². The monoisotopic (exact) mass is 300 g/mol. The Labute approximate surface area is 107 Å². The molecule has 0 bridgehead atoms. The topological polar surface area (TPSA) is 66.8 Å². The molecule has 0 radical (unpaired) electrons. The second kappa shape index (κ2) is 4.22. The Balaban J connectivity index is 2.46. The van der Waals surface area contributed by atoms with Crippen molar-refractivity contribution in [3.05, 3.63) is 22.2 Å². The van der Waals surface area contributed by atoms with Gasteiger partial charge in [-0.2, -0.15) is 0 Å². The maximum absolute atomic E-state index is 10.9. The van der Waals surface area contributed by atoms with E-state index in [1.165, 1.54) is 7.11 Å². The molecule has 1 aromatic carbocycles. The van der Waals surface area contributed by atoms with Gasteiger partial charge in [0.1, 0.15) is 0 Å². The predicted molar refractivity (Wildman–Crippen MR) is 65.5 cm³/mol. The number of carboxylic acid groups (broad SMARTS) is 1. The van der Waals surface area contributed by atoms with E-state index in [1.54, 1.807) is 6.07 Å². The summed E-state index contributed by atoms with van der Waals surface area (Å²) in [6, 6.07) is 3.54. The standard InChI is InChI=1S/C12H13BrO4/c1-17-11-7(2-3-8(13)10(11)16)12(4-5-12)6-9(14)15/h2-3,16H,4-6H2,1H3,(H,14,15). The summed E-state index contributed by atoms with van der Waals surface area (Å²) in [6.07, 6.45) is 1.71. The van der Waals surface area contributed by atoms with Gasteiger partial charge in [-0.05, 0) is 34.8 Å². The summed E-state index contributed by atoms with van der Waals surface area (Å²) in [7, 11) is 1.47. The molecule has 0 heterocycles. The summed E-state index contributed by atoms with van der Waals surface area (Å²) in [5, 5.41) is 18.8. The molecule has 0 saturated heterocycles. The van der Waals surface area contributed by atoms with Crippen LogP contribution < -0.4 is 4.74 Å². The van der Waals surface area contributed by atoms with E-state index in [0.29, 0.717) is 10.2 Å². The lowest BCUT2D eigenvalue weighted by Gasteiger charge is -2.18. The average Bonchev–Trinajstić information content (AvgIpc) is 3.01. The van der Waals surface area contributed by atoms with Crippen LogP contribution in [0.25, 0.3) is 0 Å². The van der Waals surface area contributed by atoms with Crippen molar-refractivity contribution in [2.24, 2.45) is 0 Å². The maximum Gasteiger partial charge on any atom is 0.304 e. The fourth-order valence-corrected chi connectivity index (χ4v) is 2.47. The number of methoxy groups -OCH3 is 1. The van der Waals surface area contributed by atoms with Gasteiger partial charge in [0.2, 0.25) is 0 Å². The van der Waals surface area contributed by atoms with E-state index in [-0.39, 0.29) is 17.6 Å². The van der Waals surface area contributed by atoms with E-state index >= 15 is 0 Å². The minimum atomic E-state index is -0.827.